The quantitative estimate of drug-likeness (QED) is 0.655. The van der Waals surface area contributed by atoms with Crippen molar-refractivity contribution in [3.8, 4) is 0 Å². The summed E-state index contributed by atoms with van der Waals surface area (Å²) in [6.45, 7) is 4.55. The van der Waals surface area contributed by atoms with Gasteiger partial charge in [0.25, 0.3) is 0 Å². The Morgan fingerprint density at radius 1 is 1.54 bits per heavy atom. The largest absolute Gasteiger partial charge is 0.348 e. The third kappa shape index (κ3) is 1.82. The predicted molar refractivity (Wildman–Crippen MR) is 53.5 cm³/mol. The summed E-state index contributed by atoms with van der Waals surface area (Å²) in [5.74, 6) is 1.72. The van der Waals surface area contributed by atoms with Gasteiger partial charge in [-0.2, -0.15) is 0 Å². The van der Waals surface area contributed by atoms with Crippen molar-refractivity contribution in [2.75, 3.05) is 0 Å². The molecule has 0 amide bonds. The maximum Gasteiger partial charge on any atom is 0.109 e. The molecular formula is C11H16N2. The second-order valence-electron chi connectivity index (χ2n) is 4.50. The lowest BCUT2D eigenvalue weighted by Gasteiger charge is -2.29. The van der Waals surface area contributed by atoms with E-state index in [9.17, 15) is 0 Å². The smallest absolute Gasteiger partial charge is 0.109 e. The first-order valence-electron chi connectivity index (χ1n) is 4.84. The van der Waals surface area contributed by atoms with Gasteiger partial charge in [-0.25, -0.2) is 4.98 Å². The van der Waals surface area contributed by atoms with Gasteiger partial charge in [0.2, 0.25) is 0 Å². The molecule has 70 valence electrons. The molecule has 1 heterocycles. The number of hydrogen-bond acceptors (Lipinski definition) is 1. The lowest BCUT2D eigenvalue weighted by Crippen LogP contribution is -2.17. The molecule has 0 radical (unpaired) electrons. The van der Waals surface area contributed by atoms with Crippen molar-refractivity contribution in [2.24, 2.45) is 5.41 Å². The molecule has 0 saturated heterocycles. The molecule has 1 aromatic heterocycles. The monoisotopic (exact) mass is 176 g/mol. The Kier molecular flexibility index (Phi) is 1.98. The van der Waals surface area contributed by atoms with E-state index in [-0.39, 0.29) is 0 Å². The van der Waals surface area contributed by atoms with E-state index >= 15 is 0 Å². The van der Waals surface area contributed by atoms with Crippen LogP contribution in [0, 0.1) is 5.41 Å². The number of H-pyrrole nitrogens is 1. The molecule has 1 aliphatic rings. The minimum Gasteiger partial charge on any atom is -0.348 e. The molecule has 2 rings (SSSR count). The number of hydrogen-bond donors (Lipinski definition) is 1. The highest BCUT2D eigenvalue weighted by Gasteiger charge is 2.25. The first-order chi connectivity index (χ1) is 6.17. The number of aromatic amines is 1. The highest BCUT2D eigenvalue weighted by molar-refractivity contribution is 5.10. The lowest BCUT2D eigenvalue weighted by atomic mass is 9.77. The molecule has 0 aromatic carbocycles. The zero-order valence-corrected chi connectivity index (χ0v) is 8.25. The molecular weight excluding hydrogens is 160 g/mol. The van der Waals surface area contributed by atoms with Crippen molar-refractivity contribution in [3.05, 3.63) is 30.4 Å². The van der Waals surface area contributed by atoms with Gasteiger partial charge in [-0.15, -0.1) is 0 Å². The van der Waals surface area contributed by atoms with Crippen LogP contribution in [0.2, 0.25) is 0 Å². The third-order valence-electron chi connectivity index (χ3n) is 2.67. The lowest BCUT2D eigenvalue weighted by molar-refractivity contribution is 0.363. The highest BCUT2D eigenvalue weighted by Crippen LogP contribution is 2.37. The molecule has 2 heteroatoms. The Morgan fingerprint density at radius 3 is 3.00 bits per heavy atom. The number of aromatic nitrogens is 2. The number of nitrogens with one attached hydrogen (secondary N) is 1. The van der Waals surface area contributed by atoms with Crippen molar-refractivity contribution in [1.29, 1.82) is 0 Å². The minimum atomic E-state index is 0.329. The van der Waals surface area contributed by atoms with E-state index < -0.39 is 0 Å². The molecule has 1 atom stereocenters. The Balaban J connectivity index is 2.16. The number of nitrogens with zero attached hydrogens (tertiary/aromatic N) is 1. The Bertz CT molecular complexity index is 296. The fraction of sp³-hybridized carbons (Fsp3) is 0.545. The number of imidazole rings is 1. The third-order valence-corrected chi connectivity index (χ3v) is 2.67. The molecule has 0 fully saturated rings. The van der Waals surface area contributed by atoms with Crippen LogP contribution in [0.25, 0.3) is 0 Å². The summed E-state index contributed by atoms with van der Waals surface area (Å²) in [6, 6.07) is 0. The Hall–Kier alpha value is -1.05. The van der Waals surface area contributed by atoms with Crippen LogP contribution in [0.5, 0.6) is 0 Å². The van der Waals surface area contributed by atoms with Crippen molar-refractivity contribution < 1.29 is 0 Å². The van der Waals surface area contributed by atoms with Crippen LogP contribution in [0.4, 0.5) is 0 Å². The minimum absolute atomic E-state index is 0.329. The van der Waals surface area contributed by atoms with Crippen LogP contribution >= 0.6 is 0 Å². The molecule has 1 unspecified atom stereocenters. The van der Waals surface area contributed by atoms with Gasteiger partial charge in [0.05, 0.1) is 0 Å². The second kappa shape index (κ2) is 3.02. The fourth-order valence-electron chi connectivity index (χ4n) is 2.05. The Morgan fingerprint density at radius 2 is 2.38 bits per heavy atom. The van der Waals surface area contributed by atoms with Crippen LogP contribution in [0.15, 0.2) is 24.5 Å². The average molecular weight is 176 g/mol. The van der Waals surface area contributed by atoms with Gasteiger partial charge >= 0.3 is 0 Å². The van der Waals surface area contributed by atoms with E-state index in [1.165, 1.54) is 6.42 Å². The fourth-order valence-corrected chi connectivity index (χ4v) is 2.05. The first kappa shape index (κ1) is 8.54. The number of rotatable bonds is 1. The highest BCUT2D eigenvalue weighted by atomic mass is 14.9. The van der Waals surface area contributed by atoms with Gasteiger partial charge in [-0.05, 0) is 18.3 Å². The number of allylic oxidation sites excluding steroid dienone is 2. The summed E-state index contributed by atoms with van der Waals surface area (Å²) >= 11 is 0. The molecule has 1 N–H and O–H groups in total. The van der Waals surface area contributed by atoms with E-state index in [1.807, 2.05) is 12.4 Å². The van der Waals surface area contributed by atoms with Crippen LogP contribution < -0.4 is 0 Å². The maximum atomic E-state index is 4.32. The predicted octanol–water partition coefficient (Wildman–Crippen LogP) is 2.87. The van der Waals surface area contributed by atoms with Crippen LogP contribution in [0.3, 0.4) is 0 Å². The van der Waals surface area contributed by atoms with Gasteiger partial charge < -0.3 is 4.98 Å². The normalized spacial score (nSPS) is 26.2. The van der Waals surface area contributed by atoms with Gasteiger partial charge in [0.15, 0.2) is 0 Å². The molecule has 0 aliphatic heterocycles. The van der Waals surface area contributed by atoms with Crippen LogP contribution in [-0.2, 0) is 0 Å². The van der Waals surface area contributed by atoms with Gasteiger partial charge in [-0.1, -0.05) is 26.0 Å². The maximum absolute atomic E-state index is 4.32. The zero-order valence-electron chi connectivity index (χ0n) is 8.25. The standard InChI is InChI=1S/C11H16N2/c1-11(2)5-3-4-9(8-11)10-12-6-7-13-10/h3,5-7,9H,4,8H2,1-2H3,(H,12,13). The Labute approximate surface area is 79.1 Å². The summed E-state index contributed by atoms with van der Waals surface area (Å²) < 4.78 is 0. The van der Waals surface area contributed by atoms with E-state index in [2.05, 4.69) is 36.0 Å². The van der Waals surface area contributed by atoms with Crippen molar-refractivity contribution in [3.63, 3.8) is 0 Å². The summed E-state index contributed by atoms with van der Waals surface area (Å²) in [4.78, 5) is 7.52. The topological polar surface area (TPSA) is 28.7 Å². The van der Waals surface area contributed by atoms with Gasteiger partial charge in [0, 0.05) is 18.3 Å². The zero-order chi connectivity index (χ0) is 9.31. The van der Waals surface area contributed by atoms with Crippen LogP contribution in [0.1, 0.15) is 38.4 Å². The van der Waals surface area contributed by atoms with Crippen molar-refractivity contribution in [1.82, 2.24) is 9.97 Å². The summed E-state index contributed by atoms with van der Waals surface area (Å²) in [7, 11) is 0. The SMILES string of the molecule is CC1(C)C=CCC(c2ncc[nH]2)C1. The second-order valence-corrected chi connectivity index (χ2v) is 4.50. The van der Waals surface area contributed by atoms with Crippen molar-refractivity contribution >= 4 is 0 Å². The molecule has 0 spiro atoms. The molecule has 0 saturated carbocycles. The van der Waals surface area contributed by atoms with E-state index in [0.717, 1.165) is 12.2 Å². The summed E-state index contributed by atoms with van der Waals surface area (Å²) in [5, 5.41) is 0. The summed E-state index contributed by atoms with van der Waals surface area (Å²) in [5.41, 5.74) is 0.329. The van der Waals surface area contributed by atoms with Gasteiger partial charge in [-0.3, -0.25) is 0 Å². The first-order valence-corrected chi connectivity index (χ1v) is 4.84. The molecule has 2 nitrogen and oxygen atoms in total. The average Bonchev–Trinajstić information content (AvgIpc) is 2.53. The van der Waals surface area contributed by atoms with Crippen molar-refractivity contribution in [2.45, 2.75) is 32.6 Å². The molecule has 1 aliphatic carbocycles. The van der Waals surface area contributed by atoms with Crippen LogP contribution in [-0.4, -0.2) is 9.97 Å². The molecule has 1 aromatic rings. The van der Waals surface area contributed by atoms with E-state index in [0.29, 0.717) is 11.3 Å². The van der Waals surface area contributed by atoms with E-state index in [4.69, 9.17) is 0 Å². The van der Waals surface area contributed by atoms with Gasteiger partial charge in [0.1, 0.15) is 5.82 Å². The summed E-state index contributed by atoms with van der Waals surface area (Å²) in [6.07, 6.45) is 10.6. The molecule has 0 bridgehead atoms. The van der Waals surface area contributed by atoms with E-state index in [1.54, 1.807) is 0 Å². The molecule has 13 heavy (non-hydrogen) atoms.